The van der Waals surface area contributed by atoms with Gasteiger partial charge in [0.25, 0.3) is 5.91 Å². The third kappa shape index (κ3) is 4.64. The van der Waals surface area contributed by atoms with E-state index in [9.17, 15) is 4.79 Å². The second kappa shape index (κ2) is 9.55. The van der Waals surface area contributed by atoms with Gasteiger partial charge in [-0.05, 0) is 48.8 Å². The summed E-state index contributed by atoms with van der Waals surface area (Å²) in [6.45, 7) is 4.51. The number of fused-ring (bicyclic) bond motifs is 1. The maximum atomic E-state index is 12.6. The van der Waals surface area contributed by atoms with Crippen LogP contribution in [0.15, 0.2) is 30.6 Å². The Morgan fingerprint density at radius 2 is 1.88 bits per heavy atom. The van der Waals surface area contributed by atoms with Gasteiger partial charge < -0.3 is 15.0 Å². The topological polar surface area (TPSA) is 70.6 Å². The highest BCUT2D eigenvalue weighted by atomic mass is 16.5. The summed E-state index contributed by atoms with van der Waals surface area (Å²) in [5, 5.41) is 3.03. The van der Waals surface area contributed by atoms with Crippen molar-refractivity contribution in [2.75, 3.05) is 38.2 Å². The smallest absolute Gasteiger partial charge is 0.254 e. The van der Waals surface area contributed by atoms with Gasteiger partial charge in [-0.2, -0.15) is 0 Å². The number of carbonyl (C=O) groups is 1. The Morgan fingerprint density at radius 3 is 2.56 bits per heavy atom. The van der Waals surface area contributed by atoms with Crippen LogP contribution in [0.2, 0.25) is 0 Å². The van der Waals surface area contributed by atoms with Crippen molar-refractivity contribution in [3.8, 4) is 0 Å². The summed E-state index contributed by atoms with van der Waals surface area (Å²) in [5.74, 6) is 0.515. The zero-order valence-electron chi connectivity index (χ0n) is 18.9. The monoisotopic (exact) mass is 435 g/mol. The van der Waals surface area contributed by atoms with Gasteiger partial charge in [-0.15, -0.1) is 0 Å². The van der Waals surface area contributed by atoms with Crippen molar-refractivity contribution in [3.05, 3.63) is 52.8 Å². The number of hydrogen-bond acceptors (Lipinski definition) is 6. The van der Waals surface area contributed by atoms with E-state index in [2.05, 4.69) is 43.3 Å². The number of benzene rings is 1. The highest BCUT2D eigenvalue weighted by Gasteiger charge is 2.26. The lowest BCUT2D eigenvalue weighted by molar-refractivity contribution is 0.0950. The molecular weight excluding hydrogens is 402 g/mol. The molecule has 0 bridgehead atoms. The molecule has 1 saturated carbocycles. The van der Waals surface area contributed by atoms with Gasteiger partial charge in [0.15, 0.2) is 0 Å². The van der Waals surface area contributed by atoms with E-state index in [1.54, 1.807) is 19.5 Å². The fourth-order valence-corrected chi connectivity index (χ4v) is 5.01. The number of amides is 1. The van der Waals surface area contributed by atoms with Crippen molar-refractivity contribution < 1.29 is 9.53 Å². The van der Waals surface area contributed by atoms with Crippen molar-refractivity contribution in [1.82, 2.24) is 20.2 Å². The lowest BCUT2D eigenvalue weighted by Gasteiger charge is -2.36. The first-order valence-corrected chi connectivity index (χ1v) is 11.9. The van der Waals surface area contributed by atoms with Gasteiger partial charge in [-0.1, -0.05) is 24.6 Å². The fourth-order valence-electron chi connectivity index (χ4n) is 5.01. The van der Waals surface area contributed by atoms with Gasteiger partial charge in [0, 0.05) is 58.3 Å². The van der Waals surface area contributed by atoms with Gasteiger partial charge in [0.2, 0.25) is 5.95 Å². The minimum Gasteiger partial charge on any atom is -0.380 e. The first-order chi connectivity index (χ1) is 15.7. The molecule has 7 heteroatoms. The summed E-state index contributed by atoms with van der Waals surface area (Å²) >= 11 is 0. The van der Waals surface area contributed by atoms with Crippen LogP contribution in [0, 0.1) is 0 Å². The van der Waals surface area contributed by atoms with Crippen LogP contribution in [0.5, 0.6) is 0 Å². The number of anilines is 1. The molecule has 1 amide bonds. The zero-order valence-corrected chi connectivity index (χ0v) is 18.9. The Hall–Kier alpha value is -2.51. The number of aromatic nitrogens is 2. The van der Waals surface area contributed by atoms with Gasteiger partial charge in [-0.3, -0.25) is 9.69 Å². The average Bonchev–Trinajstić information content (AvgIpc) is 3.19. The molecule has 170 valence electrons. The van der Waals surface area contributed by atoms with E-state index in [0.29, 0.717) is 18.1 Å². The molecule has 1 saturated heterocycles. The van der Waals surface area contributed by atoms with Crippen molar-refractivity contribution in [2.24, 2.45) is 0 Å². The number of rotatable bonds is 6. The first-order valence-electron chi connectivity index (χ1n) is 11.9. The van der Waals surface area contributed by atoms with Gasteiger partial charge in [-0.25, -0.2) is 9.97 Å². The third-order valence-corrected chi connectivity index (χ3v) is 7.31. The Morgan fingerprint density at radius 1 is 1.09 bits per heavy atom. The predicted molar refractivity (Wildman–Crippen MR) is 124 cm³/mol. The third-order valence-electron chi connectivity index (χ3n) is 7.31. The molecule has 1 aromatic carbocycles. The minimum atomic E-state index is -0.140. The molecule has 5 rings (SSSR count). The van der Waals surface area contributed by atoms with Crippen LogP contribution in [0.25, 0.3) is 0 Å². The number of nitrogens with zero attached hydrogens (tertiary/aromatic N) is 4. The van der Waals surface area contributed by atoms with E-state index in [0.717, 1.165) is 50.5 Å². The number of hydrogen-bond donors (Lipinski definition) is 1. The highest BCUT2D eigenvalue weighted by Crippen LogP contribution is 2.27. The fraction of sp³-hybridized carbons (Fsp3) is 0.560. The Balaban J connectivity index is 1.16. The first kappa shape index (κ1) is 21.3. The van der Waals surface area contributed by atoms with E-state index >= 15 is 0 Å². The van der Waals surface area contributed by atoms with Gasteiger partial charge in [0.1, 0.15) is 0 Å². The molecule has 0 radical (unpaired) electrons. The van der Waals surface area contributed by atoms with E-state index in [1.807, 2.05) is 0 Å². The SMILES string of the molecule is CO[C@H]1CCN(c2ncc(C(=O)NCc3ccc4c(c3)CCN(C3CCC3)CC4)cn2)C1. The van der Waals surface area contributed by atoms with Crippen molar-refractivity contribution in [3.63, 3.8) is 0 Å². The summed E-state index contributed by atoms with van der Waals surface area (Å²) < 4.78 is 5.40. The molecule has 2 aliphatic heterocycles. The number of carbonyl (C=O) groups excluding carboxylic acids is 1. The average molecular weight is 436 g/mol. The maximum absolute atomic E-state index is 12.6. The number of nitrogens with one attached hydrogen (secondary N) is 1. The molecule has 2 aromatic rings. The van der Waals surface area contributed by atoms with E-state index < -0.39 is 0 Å². The van der Waals surface area contributed by atoms with E-state index in [4.69, 9.17) is 4.74 Å². The van der Waals surface area contributed by atoms with Gasteiger partial charge in [0.05, 0.1) is 11.7 Å². The van der Waals surface area contributed by atoms with Crippen LogP contribution in [-0.2, 0) is 24.1 Å². The standard InChI is InChI=1S/C25H33N5O2/c1-32-23-9-12-30(17-23)25-27-15-21(16-28-25)24(31)26-14-18-5-6-19-7-10-29(22-3-2-4-22)11-8-20(19)13-18/h5-6,13,15-16,22-23H,2-4,7-12,14,17H2,1H3,(H,26,31)/t23-/m0/s1. The van der Waals surface area contributed by atoms with Crippen LogP contribution in [0.4, 0.5) is 5.95 Å². The molecule has 0 unspecified atom stereocenters. The molecule has 3 aliphatic rings. The van der Waals surface area contributed by atoms with Crippen LogP contribution in [0.1, 0.15) is 52.7 Å². The van der Waals surface area contributed by atoms with Gasteiger partial charge >= 0.3 is 0 Å². The lowest BCUT2D eigenvalue weighted by atomic mass is 9.91. The van der Waals surface area contributed by atoms with Crippen LogP contribution in [0.3, 0.4) is 0 Å². The largest absolute Gasteiger partial charge is 0.380 e. The molecule has 1 aliphatic carbocycles. The van der Waals surface area contributed by atoms with Crippen molar-refractivity contribution in [1.29, 1.82) is 0 Å². The quantitative estimate of drug-likeness (QED) is 0.752. The maximum Gasteiger partial charge on any atom is 0.254 e. The second-order valence-electron chi connectivity index (χ2n) is 9.27. The molecule has 1 aromatic heterocycles. The molecule has 1 atom stereocenters. The molecule has 7 nitrogen and oxygen atoms in total. The van der Waals surface area contributed by atoms with E-state index in [1.165, 1.54) is 36.9 Å². The molecule has 1 N–H and O–H groups in total. The van der Waals surface area contributed by atoms with Crippen LogP contribution < -0.4 is 10.2 Å². The number of methoxy groups -OCH3 is 1. The number of ether oxygens (including phenoxy) is 1. The Bertz CT molecular complexity index is 944. The summed E-state index contributed by atoms with van der Waals surface area (Å²) in [4.78, 5) is 26.2. The van der Waals surface area contributed by atoms with Crippen molar-refractivity contribution >= 4 is 11.9 Å². The normalized spacial score (nSPS) is 21.7. The molecule has 32 heavy (non-hydrogen) atoms. The Kier molecular flexibility index (Phi) is 6.37. The molecule has 3 heterocycles. The van der Waals surface area contributed by atoms with E-state index in [-0.39, 0.29) is 12.0 Å². The van der Waals surface area contributed by atoms with Crippen LogP contribution >= 0.6 is 0 Å². The predicted octanol–water partition coefficient (Wildman–Crippen LogP) is 2.58. The Labute approximate surface area is 190 Å². The summed E-state index contributed by atoms with van der Waals surface area (Å²) in [7, 11) is 1.73. The van der Waals surface area contributed by atoms with Crippen LogP contribution in [-0.4, -0.2) is 66.2 Å². The second-order valence-corrected chi connectivity index (χ2v) is 9.27. The zero-order chi connectivity index (χ0) is 21.9. The molecular formula is C25H33N5O2. The summed E-state index contributed by atoms with van der Waals surface area (Å²) in [6, 6.07) is 7.49. The minimum absolute atomic E-state index is 0.140. The highest BCUT2D eigenvalue weighted by molar-refractivity contribution is 5.93. The summed E-state index contributed by atoms with van der Waals surface area (Å²) in [5.41, 5.74) is 4.53. The molecule has 2 fully saturated rings. The summed E-state index contributed by atoms with van der Waals surface area (Å²) in [6.07, 6.45) is 10.8. The lowest BCUT2D eigenvalue weighted by Crippen LogP contribution is -2.41. The molecule has 0 spiro atoms. The van der Waals surface area contributed by atoms with Crippen molar-refractivity contribution in [2.45, 2.75) is 57.2 Å².